The number of benzene rings is 1. The van der Waals surface area contributed by atoms with Crippen molar-refractivity contribution < 1.29 is 17.9 Å². The number of nitrogens with two attached hydrogens (primary N) is 1. The van der Waals surface area contributed by atoms with Crippen molar-refractivity contribution in [1.29, 1.82) is 0 Å². The van der Waals surface area contributed by atoms with E-state index in [1.165, 1.54) is 6.07 Å². The Balaban J connectivity index is 1.80. The van der Waals surface area contributed by atoms with E-state index in [4.69, 9.17) is 10.5 Å². The van der Waals surface area contributed by atoms with Crippen LogP contribution in [0.2, 0.25) is 0 Å². The third kappa shape index (κ3) is 2.90. The number of nitrogens with zero attached hydrogens (tertiary/aromatic N) is 1. The first-order valence-electron chi connectivity index (χ1n) is 7.09. The fraction of sp³-hybridized carbons (Fsp3) is 0.533. The van der Waals surface area contributed by atoms with Gasteiger partial charge in [-0.1, -0.05) is 6.07 Å². The highest BCUT2D eigenvalue weighted by Crippen LogP contribution is 2.34. The molecule has 3 atom stereocenters. The van der Waals surface area contributed by atoms with Gasteiger partial charge < -0.3 is 10.5 Å². The number of hydrogen-bond donors (Lipinski definition) is 1. The van der Waals surface area contributed by atoms with Gasteiger partial charge in [-0.25, -0.2) is 4.99 Å². The summed E-state index contributed by atoms with van der Waals surface area (Å²) in [6.45, 7) is 0.617. The Labute approximate surface area is 121 Å². The van der Waals surface area contributed by atoms with Gasteiger partial charge in [0.05, 0.1) is 11.6 Å². The molecule has 1 heterocycles. The second kappa shape index (κ2) is 5.33. The maximum Gasteiger partial charge on any atom is 0.416 e. The topological polar surface area (TPSA) is 47.6 Å². The Hall–Kier alpha value is -1.56. The molecule has 1 aromatic carbocycles. The molecule has 0 bridgehead atoms. The summed E-state index contributed by atoms with van der Waals surface area (Å²) < 4.78 is 44.0. The van der Waals surface area contributed by atoms with Gasteiger partial charge in [0.2, 0.25) is 5.90 Å². The number of alkyl halides is 3. The largest absolute Gasteiger partial charge is 0.472 e. The molecular weight excluding hydrogens is 281 g/mol. The van der Waals surface area contributed by atoms with Crippen molar-refractivity contribution in [3.05, 3.63) is 35.4 Å². The van der Waals surface area contributed by atoms with Gasteiger partial charge in [0.1, 0.15) is 6.10 Å². The van der Waals surface area contributed by atoms with Gasteiger partial charge in [0.25, 0.3) is 0 Å². The molecule has 114 valence electrons. The molecule has 1 saturated carbocycles. The normalized spacial score (nSPS) is 28.8. The minimum absolute atomic E-state index is 0.0446. The number of halogens is 3. The molecule has 0 saturated heterocycles. The molecule has 0 aromatic heterocycles. The van der Waals surface area contributed by atoms with Gasteiger partial charge in [-0.3, -0.25) is 0 Å². The standard InChI is InChI=1S/C15H17F3N2O/c16-15(17,18)11-3-1-2-10(7-11)14-20-12-5-4-9(8-19)6-13(12)21-14/h1-3,7,9,12-13H,4-6,8,19H2. The van der Waals surface area contributed by atoms with Crippen LogP contribution in [-0.4, -0.2) is 24.6 Å². The van der Waals surface area contributed by atoms with Crippen LogP contribution in [0.3, 0.4) is 0 Å². The van der Waals surface area contributed by atoms with Crippen molar-refractivity contribution >= 4 is 5.90 Å². The lowest BCUT2D eigenvalue weighted by Crippen LogP contribution is -2.34. The average Bonchev–Trinajstić information content (AvgIpc) is 2.89. The Bertz CT molecular complexity index is 556. The summed E-state index contributed by atoms with van der Waals surface area (Å²) in [7, 11) is 0. The van der Waals surface area contributed by atoms with Crippen LogP contribution in [0.5, 0.6) is 0 Å². The molecular formula is C15H17F3N2O. The summed E-state index contributed by atoms with van der Waals surface area (Å²) in [5, 5.41) is 0. The van der Waals surface area contributed by atoms with Crippen LogP contribution in [0.15, 0.2) is 29.3 Å². The van der Waals surface area contributed by atoms with Crippen molar-refractivity contribution in [3.8, 4) is 0 Å². The second-order valence-electron chi connectivity index (χ2n) is 5.65. The van der Waals surface area contributed by atoms with Crippen LogP contribution in [0, 0.1) is 5.92 Å². The van der Waals surface area contributed by atoms with Gasteiger partial charge in [-0.05, 0) is 49.9 Å². The molecule has 6 heteroatoms. The van der Waals surface area contributed by atoms with E-state index in [9.17, 15) is 13.2 Å². The van der Waals surface area contributed by atoms with Crippen LogP contribution in [0.1, 0.15) is 30.4 Å². The van der Waals surface area contributed by atoms with E-state index in [1.807, 2.05) is 0 Å². The molecule has 3 nitrogen and oxygen atoms in total. The summed E-state index contributed by atoms with van der Waals surface area (Å²) in [6, 6.07) is 5.19. The van der Waals surface area contributed by atoms with Crippen molar-refractivity contribution in [1.82, 2.24) is 0 Å². The van der Waals surface area contributed by atoms with Gasteiger partial charge >= 0.3 is 6.18 Å². The number of hydrogen-bond acceptors (Lipinski definition) is 3. The van der Waals surface area contributed by atoms with Gasteiger partial charge in [-0.2, -0.15) is 13.2 Å². The molecule has 2 aliphatic rings. The van der Waals surface area contributed by atoms with Gasteiger partial charge in [0.15, 0.2) is 0 Å². The zero-order valence-electron chi connectivity index (χ0n) is 11.4. The monoisotopic (exact) mass is 298 g/mol. The molecule has 3 rings (SSSR count). The van der Waals surface area contributed by atoms with E-state index in [0.29, 0.717) is 23.9 Å². The molecule has 0 spiro atoms. The number of ether oxygens (including phenoxy) is 1. The molecule has 2 N–H and O–H groups in total. The fourth-order valence-electron chi connectivity index (χ4n) is 2.98. The maximum atomic E-state index is 12.8. The van der Waals surface area contributed by atoms with Crippen LogP contribution in [-0.2, 0) is 10.9 Å². The van der Waals surface area contributed by atoms with Crippen molar-refractivity contribution in [2.24, 2.45) is 16.6 Å². The molecule has 1 fully saturated rings. The Kier molecular flexibility index (Phi) is 3.65. The molecule has 0 radical (unpaired) electrons. The summed E-state index contributed by atoms with van der Waals surface area (Å²) in [5.41, 5.74) is 5.39. The third-order valence-corrected chi connectivity index (χ3v) is 4.18. The maximum absolute atomic E-state index is 12.8. The summed E-state index contributed by atoms with van der Waals surface area (Å²) >= 11 is 0. The van der Waals surface area contributed by atoms with Crippen molar-refractivity contribution in [2.75, 3.05) is 6.54 Å². The van der Waals surface area contributed by atoms with E-state index in [1.54, 1.807) is 6.07 Å². The zero-order valence-corrected chi connectivity index (χ0v) is 11.4. The smallest absolute Gasteiger partial charge is 0.416 e. The van der Waals surface area contributed by atoms with Gasteiger partial charge in [-0.15, -0.1) is 0 Å². The minimum Gasteiger partial charge on any atom is -0.472 e. The Morgan fingerprint density at radius 2 is 2.10 bits per heavy atom. The first kappa shape index (κ1) is 14.4. The third-order valence-electron chi connectivity index (χ3n) is 4.18. The number of aliphatic imine (C=N–C) groups is 1. The highest BCUT2D eigenvalue weighted by atomic mass is 19.4. The van der Waals surface area contributed by atoms with Crippen LogP contribution in [0.25, 0.3) is 0 Å². The average molecular weight is 298 g/mol. The lowest BCUT2D eigenvalue weighted by molar-refractivity contribution is -0.137. The first-order valence-corrected chi connectivity index (χ1v) is 7.09. The van der Waals surface area contributed by atoms with Gasteiger partial charge in [0, 0.05) is 5.56 Å². The second-order valence-corrected chi connectivity index (χ2v) is 5.65. The SMILES string of the molecule is NCC1CCC2N=C(c3cccc(C(F)(F)F)c3)OC2C1. The molecule has 1 aromatic rings. The fourth-order valence-corrected chi connectivity index (χ4v) is 2.98. The molecule has 0 amide bonds. The molecule has 3 unspecified atom stereocenters. The summed E-state index contributed by atoms with van der Waals surface area (Å²) in [4.78, 5) is 4.46. The lowest BCUT2D eigenvalue weighted by Gasteiger charge is -2.28. The number of rotatable bonds is 2. The van der Waals surface area contributed by atoms with Crippen molar-refractivity contribution in [2.45, 2.75) is 37.6 Å². The zero-order chi connectivity index (χ0) is 15.0. The summed E-state index contributed by atoms with van der Waals surface area (Å²) in [5.74, 6) is 0.746. The lowest BCUT2D eigenvalue weighted by atomic mass is 9.84. The molecule has 21 heavy (non-hydrogen) atoms. The molecule has 1 aliphatic carbocycles. The molecule has 1 aliphatic heterocycles. The van der Waals surface area contributed by atoms with Crippen LogP contribution < -0.4 is 5.73 Å². The summed E-state index contributed by atoms with van der Waals surface area (Å²) in [6.07, 6.45) is -1.69. The van der Waals surface area contributed by atoms with E-state index in [0.717, 1.165) is 31.4 Å². The van der Waals surface area contributed by atoms with E-state index >= 15 is 0 Å². The quantitative estimate of drug-likeness (QED) is 0.912. The highest BCUT2D eigenvalue weighted by Gasteiger charge is 2.37. The predicted molar refractivity (Wildman–Crippen MR) is 73.0 cm³/mol. The Morgan fingerprint density at radius 3 is 2.81 bits per heavy atom. The van der Waals surface area contributed by atoms with E-state index in [2.05, 4.69) is 4.99 Å². The minimum atomic E-state index is -4.35. The number of fused-ring (bicyclic) bond motifs is 1. The van der Waals surface area contributed by atoms with E-state index in [-0.39, 0.29) is 12.1 Å². The van der Waals surface area contributed by atoms with Crippen LogP contribution >= 0.6 is 0 Å². The predicted octanol–water partition coefficient (Wildman–Crippen LogP) is 2.98. The highest BCUT2D eigenvalue weighted by molar-refractivity contribution is 5.95. The van der Waals surface area contributed by atoms with Crippen molar-refractivity contribution in [3.63, 3.8) is 0 Å². The first-order chi connectivity index (χ1) is 9.97. The Morgan fingerprint density at radius 1 is 1.29 bits per heavy atom. The van der Waals surface area contributed by atoms with Crippen LogP contribution in [0.4, 0.5) is 13.2 Å². The van der Waals surface area contributed by atoms with E-state index < -0.39 is 11.7 Å².